The molecule has 4 fully saturated rings. The van der Waals surface area contributed by atoms with Crippen molar-refractivity contribution in [3.8, 4) is 0 Å². The molecule has 2 aromatic rings. The monoisotopic (exact) mass is 372 g/mol. The largest absolute Gasteiger partial charge is 0.388 e. The van der Waals surface area contributed by atoms with E-state index < -0.39 is 5.60 Å². The summed E-state index contributed by atoms with van der Waals surface area (Å²) in [4.78, 5) is 29.2. The zero-order chi connectivity index (χ0) is 19.1. The molecular weight excluding hydrogens is 344 g/mol. The van der Waals surface area contributed by atoms with E-state index in [1.54, 1.807) is 17.9 Å². The second-order valence-electron chi connectivity index (χ2n) is 9.72. The van der Waals surface area contributed by atoms with E-state index in [1.807, 2.05) is 6.92 Å². The van der Waals surface area contributed by atoms with Gasteiger partial charge in [0.1, 0.15) is 0 Å². The van der Waals surface area contributed by atoms with Crippen LogP contribution in [0.4, 0.5) is 0 Å². The molecule has 6 rings (SSSR count). The van der Waals surface area contributed by atoms with Gasteiger partial charge in [-0.1, -0.05) is 0 Å². The highest BCUT2D eigenvalue weighted by atomic mass is 16.3. The molecule has 146 valence electrons. The molecule has 0 amide bonds. The van der Waals surface area contributed by atoms with Gasteiger partial charge in [-0.2, -0.15) is 0 Å². The third-order valence-corrected chi connectivity index (χ3v) is 7.88. The van der Waals surface area contributed by atoms with E-state index in [9.17, 15) is 14.7 Å². The summed E-state index contributed by atoms with van der Waals surface area (Å²) < 4.78 is 4.27. The number of hydrogen-bond acceptors (Lipinski definition) is 4. The number of rotatable bonds is 3. The van der Waals surface area contributed by atoms with Crippen LogP contribution in [0.1, 0.15) is 45.4 Å². The molecule has 7 nitrogen and oxygen atoms in total. The molecule has 0 aromatic carbocycles. The van der Waals surface area contributed by atoms with Crippen molar-refractivity contribution < 1.29 is 5.11 Å². The molecule has 0 unspecified atom stereocenters. The molecular formula is C20H28N4O3. The van der Waals surface area contributed by atoms with Crippen molar-refractivity contribution in [2.45, 2.75) is 57.6 Å². The van der Waals surface area contributed by atoms with Crippen LogP contribution in [0.2, 0.25) is 0 Å². The lowest BCUT2D eigenvalue weighted by Gasteiger charge is -2.61. The molecule has 4 saturated carbocycles. The van der Waals surface area contributed by atoms with Gasteiger partial charge in [0.05, 0.1) is 18.5 Å². The molecule has 27 heavy (non-hydrogen) atoms. The second-order valence-corrected chi connectivity index (χ2v) is 9.72. The molecule has 7 heteroatoms. The van der Waals surface area contributed by atoms with Gasteiger partial charge >= 0.3 is 5.69 Å². The average molecular weight is 372 g/mol. The van der Waals surface area contributed by atoms with Gasteiger partial charge in [-0.15, -0.1) is 0 Å². The lowest BCUT2D eigenvalue weighted by atomic mass is 9.45. The Balaban J connectivity index is 1.57. The summed E-state index contributed by atoms with van der Waals surface area (Å²) in [6.45, 7) is 2.28. The van der Waals surface area contributed by atoms with E-state index in [0.29, 0.717) is 17.7 Å². The van der Waals surface area contributed by atoms with Crippen molar-refractivity contribution in [2.24, 2.45) is 37.3 Å². The van der Waals surface area contributed by atoms with Gasteiger partial charge in [-0.3, -0.25) is 13.9 Å². The predicted octanol–water partition coefficient (Wildman–Crippen LogP) is 1.40. The topological polar surface area (TPSA) is 82.0 Å². The molecule has 2 heterocycles. The number of fused-ring (bicyclic) bond motifs is 1. The molecule has 4 aliphatic carbocycles. The first-order valence-corrected chi connectivity index (χ1v) is 10.0. The van der Waals surface area contributed by atoms with Crippen LogP contribution in [0.3, 0.4) is 0 Å². The third-order valence-electron chi connectivity index (χ3n) is 7.88. The molecule has 0 aliphatic heterocycles. The summed E-state index contributed by atoms with van der Waals surface area (Å²) in [7, 11) is 3.11. The number of aromatic nitrogens is 4. The van der Waals surface area contributed by atoms with Crippen molar-refractivity contribution in [1.29, 1.82) is 0 Å². The number of imidazole rings is 1. The predicted molar refractivity (Wildman–Crippen MR) is 101 cm³/mol. The van der Waals surface area contributed by atoms with E-state index in [4.69, 9.17) is 0 Å². The van der Waals surface area contributed by atoms with Gasteiger partial charge in [0, 0.05) is 19.5 Å². The summed E-state index contributed by atoms with van der Waals surface area (Å²) in [5.74, 6) is 2.24. The van der Waals surface area contributed by atoms with E-state index in [1.165, 1.54) is 30.9 Å². The zero-order valence-corrected chi connectivity index (χ0v) is 16.3. The maximum Gasteiger partial charge on any atom is 0.332 e. The third kappa shape index (κ3) is 2.27. The van der Waals surface area contributed by atoms with Crippen molar-refractivity contribution in [3.05, 3.63) is 27.2 Å². The van der Waals surface area contributed by atoms with Crippen molar-refractivity contribution in [3.63, 3.8) is 0 Å². The SMILES string of the molecule is Cn1c(=O)c2c(ncn2C[C@@](C)(O)C23CC4CC(CC(C4)C2)C3)n(C)c1=O. The highest BCUT2D eigenvalue weighted by Gasteiger charge is 2.58. The first-order valence-electron chi connectivity index (χ1n) is 10.0. The van der Waals surface area contributed by atoms with Crippen LogP contribution in [0.5, 0.6) is 0 Å². The minimum absolute atomic E-state index is 0.0652. The lowest BCUT2D eigenvalue weighted by Crippen LogP contribution is -2.58. The van der Waals surface area contributed by atoms with E-state index in [-0.39, 0.29) is 16.7 Å². The molecule has 0 spiro atoms. The maximum atomic E-state index is 12.7. The maximum absolute atomic E-state index is 12.7. The van der Waals surface area contributed by atoms with Crippen molar-refractivity contribution in [1.82, 2.24) is 18.7 Å². The fourth-order valence-electron chi connectivity index (χ4n) is 6.79. The molecule has 1 atom stereocenters. The Hall–Kier alpha value is -1.89. The normalized spacial score (nSPS) is 34.3. The summed E-state index contributed by atoms with van der Waals surface area (Å²) in [6.07, 6.45) is 8.85. The Morgan fingerprint density at radius 2 is 1.67 bits per heavy atom. The van der Waals surface area contributed by atoms with Crippen LogP contribution in [0.15, 0.2) is 15.9 Å². The Labute approximate surface area is 157 Å². The quantitative estimate of drug-likeness (QED) is 0.883. The number of hydrogen-bond donors (Lipinski definition) is 1. The van der Waals surface area contributed by atoms with Gasteiger partial charge in [0.2, 0.25) is 0 Å². The fraction of sp³-hybridized carbons (Fsp3) is 0.750. The van der Waals surface area contributed by atoms with Gasteiger partial charge in [-0.25, -0.2) is 9.78 Å². The highest BCUT2D eigenvalue weighted by molar-refractivity contribution is 5.70. The number of aliphatic hydroxyl groups is 1. The second kappa shape index (κ2) is 5.34. The Morgan fingerprint density at radius 3 is 2.22 bits per heavy atom. The smallest absolute Gasteiger partial charge is 0.332 e. The van der Waals surface area contributed by atoms with E-state index in [0.717, 1.165) is 41.6 Å². The van der Waals surface area contributed by atoms with Crippen LogP contribution < -0.4 is 11.2 Å². The van der Waals surface area contributed by atoms with E-state index in [2.05, 4.69) is 4.98 Å². The summed E-state index contributed by atoms with van der Waals surface area (Å²) in [5, 5.41) is 11.7. The van der Waals surface area contributed by atoms with Crippen LogP contribution in [0, 0.1) is 23.2 Å². The van der Waals surface area contributed by atoms with Crippen LogP contribution in [-0.4, -0.2) is 29.4 Å². The number of aryl methyl sites for hydroxylation is 1. The average Bonchev–Trinajstić information content (AvgIpc) is 3.00. The van der Waals surface area contributed by atoms with Gasteiger partial charge in [0.25, 0.3) is 5.56 Å². The first kappa shape index (κ1) is 17.2. The summed E-state index contributed by atoms with van der Waals surface area (Å²) in [5.41, 5.74) is -0.938. The molecule has 1 N–H and O–H groups in total. The molecule has 0 saturated heterocycles. The fourth-order valence-corrected chi connectivity index (χ4v) is 6.79. The summed E-state index contributed by atoms with van der Waals surface area (Å²) in [6, 6.07) is 0. The minimum atomic E-state index is -0.906. The van der Waals surface area contributed by atoms with E-state index >= 15 is 0 Å². The van der Waals surface area contributed by atoms with Crippen molar-refractivity contribution >= 4 is 11.2 Å². The van der Waals surface area contributed by atoms with Gasteiger partial charge in [-0.05, 0) is 63.2 Å². The van der Waals surface area contributed by atoms with Crippen molar-refractivity contribution in [2.75, 3.05) is 0 Å². The Morgan fingerprint density at radius 1 is 1.11 bits per heavy atom. The molecule has 0 radical (unpaired) electrons. The highest BCUT2D eigenvalue weighted by Crippen LogP contribution is 2.63. The Bertz CT molecular complexity index is 1010. The summed E-state index contributed by atoms with van der Waals surface area (Å²) >= 11 is 0. The number of nitrogens with zero attached hydrogens (tertiary/aromatic N) is 4. The zero-order valence-electron chi connectivity index (χ0n) is 16.3. The van der Waals surface area contributed by atoms with Crippen LogP contribution >= 0.6 is 0 Å². The molecule has 2 aromatic heterocycles. The lowest BCUT2D eigenvalue weighted by molar-refractivity contribution is -0.176. The molecule has 4 bridgehead atoms. The molecule has 4 aliphatic rings. The minimum Gasteiger partial charge on any atom is -0.388 e. The van der Waals surface area contributed by atoms with Gasteiger partial charge < -0.3 is 9.67 Å². The standard InChI is InChI=1S/C20H28N4O3/c1-19(27,20-7-12-4-13(8-20)6-14(5-12)9-20)10-24-11-21-16-15(24)17(25)23(3)18(26)22(16)2/h11-14,27H,4-10H2,1-3H3/t12?,13?,14?,19-,20?/m1/s1. The van der Waals surface area contributed by atoms with Crippen LogP contribution in [0.25, 0.3) is 11.2 Å². The first-order chi connectivity index (χ1) is 12.7. The van der Waals surface area contributed by atoms with Crippen LogP contribution in [-0.2, 0) is 20.6 Å². The Kier molecular flexibility index (Phi) is 3.41. The van der Waals surface area contributed by atoms with Gasteiger partial charge in [0.15, 0.2) is 11.2 Å².